The molecule has 0 aliphatic heterocycles. The first-order valence-electron chi connectivity index (χ1n) is 6.90. The molecule has 0 saturated carbocycles. The molecule has 3 heteroatoms. The van der Waals surface area contributed by atoms with E-state index in [9.17, 15) is 0 Å². The zero-order chi connectivity index (χ0) is 14.5. The Morgan fingerprint density at radius 3 is 2.30 bits per heavy atom. The van der Waals surface area contributed by atoms with Crippen LogP contribution < -0.4 is 10.5 Å². The van der Waals surface area contributed by atoms with Gasteiger partial charge >= 0.3 is 0 Å². The molecular weight excluding hydrogens is 270 g/mol. The summed E-state index contributed by atoms with van der Waals surface area (Å²) in [6.45, 7) is 4.77. The largest absolute Gasteiger partial charge is 0.494 e. The molecule has 2 aromatic rings. The quantitative estimate of drug-likeness (QED) is 0.857. The fourth-order valence-corrected chi connectivity index (χ4v) is 2.39. The average Bonchev–Trinajstić information content (AvgIpc) is 2.45. The number of ether oxygens (including phenoxy) is 1. The fraction of sp³-hybridized carbons (Fsp3) is 0.294. The van der Waals surface area contributed by atoms with Gasteiger partial charge in [-0.3, -0.25) is 0 Å². The Kier molecular flexibility index (Phi) is 5.05. The zero-order valence-electron chi connectivity index (χ0n) is 11.9. The number of benzene rings is 2. The number of halogens is 1. The van der Waals surface area contributed by atoms with Gasteiger partial charge in [-0.1, -0.05) is 42.8 Å². The van der Waals surface area contributed by atoms with Crippen LogP contribution in [-0.4, -0.2) is 6.61 Å². The van der Waals surface area contributed by atoms with Gasteiger partial charge in [0.15, 0.2) is 0 Å². The molecular formula is C17H20ClNO. The van der Waals surface area contributed by atoms with Crippen LogP contribution in [0.4, 0.5) is 0 Å². The van der Waals surface area contributed by atoms with Crippen LogP contribution in [0.5, 0.6) is 5.75 Å². The lowest BCUT2D eigenvalue weighted by Gasteiger charge is -2.11. The summed E-state index contributed by atoms with van der Waals surface area (Å²) in [7, 11) is 0. The molecule has 0 saturated heterocycles. The van der Waals surface area contributed by atoms with E-state index in [1.165, 1.54) is 0 Å². The predicted octanol–water partition coefficient (Wildman–Crippen LogP) is 4.82. The Balaban J connectivity index is 2.21. The Labute approximate surface area is 125 Å². The second-order valence-electron chi connectivity index (χ2n) is 4.90. The van der Waals surface area contributed by atoms with Gasteiger partial charge in [0.2, 0.25) is 0 Å². The summed E-state index contributed by atoms with van der Waals surface area (Å²) in [5.41, 5.74) is 9.04. The minimum Gasteiger partial charge on any atom is -0.494 e. The molecule has 2 rings (SSSR count). The lowest BCUT2D eigenvalue weighted by atomic mass is 10.0. The van der Waals surface area contributed by atoms with Gasteiger partial charge in [0.25, 0.3) is 0 Å². The Bertz CT molecular complexity index is 564. The van der Waals surface area contributed by atoms with Crippen LogP contribution in [0.25, 0.3) is 11.1 Å². The van der Waals surface area contributed by atoms with Crippen LogP contribution in [0.15, 0.2) is 42.5 Å². The molecule has 0 aliphatic rings. The van der Waals surface area contributed by atoms with E-state index in [2.05, 4.69) is 6.92 Å². The van der Waals surface area contributed by atoms with Crippen molar-refractivity contribution in [1.29, 1.82) is 0 Å². The maximum atomic E-state index is 6.27. The summed E-state index contributed by atoms with van der Waals surface area (Å²) in [6.07, 6.45) is 1.01. The third kappa shape index (κ3) is 3.53. The van der Waals surface area contributed by atoms with Gasteiger partial charge in [-0.2, -0.15) is 0 Å². The van der Waals surface area contributed by atoms with Gasteiger partial charge in [-0.15, -0.1) is 0 Å². The minimum absolute atomic E-state index is 0.0543. The van der Waals surface area contributed by atoms with Crippen molar-refractivity contribution in [2.45, 2.75) is 26.3 Å². The summed E-state index contributed by atoms with van der Waals surface area (Å²) >= 11 is 6.27. The molecule has 2 aromatic carbocycles. The van der Waals surface area contributed by atoms with Crippen molar-refractivity contribution >= 4 is 11.6 Å². The maximum absolute atomic E-state index is 6.27. The van der Waals surface area contributed by atoms with Crippen LogP contribution in [0, 0.1) is 0 Å². The Hall–Kier alpha value is -1.51. The molecule has 0 aromatic heterocycles. The smallest absolute Gasteiger partial charge is 0.119 e. The van der Waals surface area contributed by atoms with E-state index >= 15 is 0 Å². The topological polar surface area (TPSA) is 35.2 Å². The monoisotopic (exact) mass is 289 g/mol. The number of rotatable bonds is 5. The third-order valence-corrected chi connectivity index (χ3v) is 3.48. The molecule has 0 amide bonds. The fourth-order valence-electron chi connectivity index (χ4n) is 2.04. The summed E-state index contributed by atoms with van der Waals surface area (Å²) in [5.74, 6) is 0.897. The molecule has 0 radical (unpaired) electrons. The first-order chi connectivity index (χ1) is 9.61. The first kappa shape index (κ1) is 14.9. The molecule has 0 heterocycles. The minimum atomic E-state index is -0.0543. The molecule has 106 valence electrons. The second-order valence-corrected chi connectivity index (χ2v) is 5.31. The van der Waals surface area contributed by atoms with E-state index in [0.717, 1.165) is 35.5 Å². The zero-order valence-corrected chi connectivity index (χ0v) is 12.7. The van der Waals surface area contributed by atoms with Crippen LogP contribution >= 0.6 is 11.6 Å². The van der Waals surface area contributed by atoms with E-state index in [4.69, 9.17) is 22.1 Å². The van der Waals surface area contributed by atoms with E-state index in [0.29, 0.717) is 5.02 Å². The van der Waals surface area contributed by atoms with E-state index in [-0.39, 0.29) is 6.04 Å². The highest BCUT2D eigenvalue weighted by molar-refractivity contribution is 6.31. The van der Waals surface area contributed by atoms with E-state index in [1.807, 2.05) is 49.4 Å². The number of nitrogens with two attached hydrogens (primary N) is 1. The second kappa shape index (κ2) is 6.78. The van der Waals surface area contributed by atoms with E-state index < -0.39 is 0 Å². The SMILES string of the molecule is CCCOc1ccc(-c2ccc(C(C)N)c(Cl)c2)cc1. The van der Waals surface area contributed by atoms with Crippen molar-refractivity contribution in [3.8, 4) is 16.9 Å². The molecule has 2 N–H and O–H groups in total. The average molecular weight is 290 g/mol. The standard InChI is InChI=1S/C17H20ClNO/c1-3-10-20-15-7-4-13(5-8-15)14-6-9-16(12(2)19)17(18)11-14/h4-9,11-12H,3,10,19H2,1-2H3. The highest BCUT2D eigenvalue weighted by Gasteiger charge is 2.07. The van der Waals surface area contributed by atoms with Crippen molar-refractivity contribution in [1.82, 2.24) is 0 Å². The van der Waals surface area contributed by atoms with Gasteiger partial charge in [0.1, 0.15) is 5.75 Å². The maximum Gasteiger partial charge on any atom is 0.119 e. The molecule has 1 unspecified atom stereocenters. The van der Waals surface area contributed by atoms with Crippen molar-refractivity contribution < 1.29 is 4.74 Å². The first-order valence-corrected chi connectivity index (χ1v) is 7.28. The van der Waals surface area contributed by atoms with Crippen LogP contribution in [0.2, 0.25) is 5.02 Å². The highest BCUT2D eigenvalue weighted by atomic mass is 35.5. The van der Waals surface area contributed by atoms with Crippen molar-refractivity contribution in [3.05, 3.63) is 53.1 Å². The van der Waals surface area contributed by atoms with Crippen molar-refractivity contribution in [2.24, 2.45) is 5.73 Å². The summed E-state index contributed by atoms with van der Waals surface area (Å²) in [5, 5.41) is 0.712. The summed E-state index contributed by atoms with van der Waals surface area (Å²) in [6, 6.07) is 14.0. The molecule has 20 heavy (non-hydrogen) atoms. The summed E-state index contributed by atoms with van der Waals surface area (Å²) < 4.78 is 5.58. The molecule has 0 aliphatic carbocycles. The van der Waals surface area contributed by atoms with Gasteiger partial charge in [-0.05, 0) is 48.2 Å². The lowest BCUT2D eigenvalue weighted by molar-refractivity contribution is 0.317. The molecule has 0 fully saturated rings. The van der Waals surface area contributed by atoms with Crippen LogP contribution in [-0.2, 0) is 0 Å². The van der Waals surface area contributed by atoms with Crippen LogP contribution in [0.1, 0.15) is 31.9 Å². The number of hydrogen-bond donors (Lipinski definition) is 1. The number of hydrogen-bond acceptors (Lipinski definition) is 2. The molecule has 1 atom stereocenters. The van der Waals surface area contributed by atoms with Gasteiger partial charge in [0, 0.05) is 11.1 Å². The molecule has 0 bridgehead atoms. The highest BCUT2D eigenvalue weighted by Crippen LogP contribution is 2.29. The van der Waals surface area contributed by atoms with Gasteiger partial charge in [0.05, 0.1) is 6.61 Å². The van der Waals surface area contributed by atoms with Gasteiger partial charge in [-0.25, -0.2) is 0 Å². The van der Waals surface area contributed by atoms with E-state index in [1.54, 1.807) is 0 Å². The molecule has 0 spiro atoms. The van der Waals surface area contributed by atoms with Crippen molar-refractivity contribution in [2.75, 3.05) is 6.61 Å². The predicted molar refractivity (Wildman–Crippen MR) is 85.3 cm³/mol. The third-order valence-electron chi connectivity index (χ3n) is 3.15. The molecule has 2 nitrogen and oxygen atoms in total. The lowest BCUT2D eigenvalue weighted by Crippen LogP contribution is -2.05. The van der Waals surface area contributed by atoms with Crippen molar-refractivity contribution in [3.63, 3.8) is 0 Å². The van der Waals surface area contributed by atoms with Gasteiger partial charge < -0.3 is 10.5 Å². The Morgan fingerprint density at radius 2 is 1.75 bits per heavy atom. The summed E-state index contributed by atoms with van der Waals surface area (Å²) in [4.78, 5) is 0. The Morgan fingerprint density at radius 1 is 1.10 bits per heavy atom. The van der Waals surface area contributed by atoms with Crippen LogP contribution in [0.3, 0.4) is 0 Å². The normalized spacial score (nSPS) is 12.2.